The number of nitrogens with zero attached hydrogens (tertiary/aromatic N) is 5. The molecule has 13 heteroatoms. The Hall–Kier alpha value is -5.36. The maximum absolute atomic E-state index is 15.7. The molecule has 1 aliphatic heterocycles. The van der Waals surface area contributed by atoms with E-state index in [4.69, 9.17) is 16.3 Å². The number of carbonyl (C=O) groups is 2. The van der Waals surface area contributed by atoms with Gasteiger partial charge in [0.15, 0.2) is 11.5 Å². The molecule has 6 rings (SSSR count). The van der Waals surface area contributed by atoms with E-state index in [9.17, 15) is 14.0 Å². The van der Waals surface area contributed by atoms with Gasteiger partial charge in [-0.15, -0.1) is 5.10 Å². The van der Waals surface area contributed by atoms with Gasteiger partial charge in [-0.2, -0.15) is 0 Å². The number of fused-ring (bicyclic) bond motifs is 4. The van der Waals surface area contributed by atoms with Crippen LogP contribution < -0.4 is 5.32 Å². The summed E-state index contributed by atoms with van der Waals surface area (Å²) in [7, 11) is 0. The van der Waals surface area contributed by atoms with Crippen molar-refractivity contribution in [3.8, 4) is 28.1 Å². The van der Waals surface area contributed by atoms with Gasteiger partial charge in [0.05, 0.1) is 40.2 Å². The zero-order chi connectivity index (χ0) is 34.2. The van der Waals surface area contributed by atoms with E-state index < -0.39 is 29.0 Å². The Morgan fingerprint density at radius 3 is 2.52 bits per heavy atom. The summed E-state index contributed by atoms with van der Waals surface area (Å²) in [6.45, 7) is 5.16. The summed E-state index contributed by atoms with van der Waals surface area (Å²) in [5.41, 5.74) is 1.56. The molecule has 1 N–H and O–H groups in total. The summed E-state index contributed by atoms with van der Waals surface area (Å²) in [4.78, 5) is 33.9. The van der Waals surface area contributed by atoms with E-state index in [1.807, 2.05) is 0 Å². The third-order valence-corrected chi connectivity index (χ3v) is 7.67. The fraction of sp³-hybridized carbons (Fsp3) is 0.200. The van der Waals surface area contributed by atoms with Gasteiger partial charge in [0, 0.05) is 40.4 Å². The monoisotopic (exact) mass is 672 g/mol. The number of hydrogen-bond donors (Lipinski definition) is 1. The largest absolute Gasteiger partial charge is 0.455 e. The van der Waals surface area contributed by atoms with Crippen LogP contribution in [0.15, 0.2) is 73.2 Å². The average Bonchev–Trinajstić information content (AvgIpc) is 3.53. The topological polar surface area (TPSA) is 112 Å². The number of aromatic nitrogens is 5. The number of allylic oxidation sites excluding steroid dienone is 1. The highest BCUT2D eigenvalue weighted by molar-refractivity contribution is 6.31. The Labute approximate surface area is 278 Å². The van der Waals surface area contributed by atoms with Gasteiger partial charge in [-0.3, -0.25) is 14.8 Å². The first-order valence-corrected chi connectivity index (χ1v) is 15.3. The normalized spacial score (nSPS) is 14.6. The van der Waals surface area contributed by atoms with Crippen LogP contribution in [0.25, 0.3) is 33.6 Å². The minimum absolute atomic E-state index is 0.0388. The Balaban J connectivity index is 1.41. The van der Waals surface area contributed by atoms with Crippen LogP contribution in [-0.4, -0.2) is 42.4 Å². The molecule has 0 radical (unpaired) electrons. The first kappa shape index (κ1) is 32.6. The van der Waals surface area contributed by atoms with Crippen LogP contribution in [0.1, 0.15) is 61.8 Å². The Morgan fingerprint density at radius 2 is 1.77 bits per heavy atom. The number of ether oxygens (including phenoxy) is 1. The van der Waals surface area contributed by atoms with E-state index in [0.717, 1.165) is 6.20 Å². The lowest BCUT2D eigenvalue weighted by Gasteiger charge is -2.18. The van der Waals surface area contributed by atoms with Crippen molar-refractivity contribution in [3.05, 3.63) is 113 Å². The van der Waals surface area contributed by atoms with Gasteiger partial charge >= 0.3 is 5.97 Å². The molecule has 48 heavy (non-hydrogen) atoms. The third kappa shape index (κ3) is 6.84. The molecule has 1 aliphatic rings. The zero-order valence-electron chi connectivity index (χ0n) is 26.0. The number of esters is 1. The number of nitrogens with one attached hydrogen (secondary N) is 1. The van der Waals surface area contributed by atoms with Gasteiger partial charge in [0.2, 0.25) is 5.91 Å². The molecule has 4 heterocycles. The molecule has 0 unspecified atom stereocenters. The number of amides is 1. The van der Waals surface area contributed by atoms with Crippen molar-refractivity contribution in [2.75, 3.05) is 5.32 Å². The van der Waals surface area contributed by atoms with Gasteiger partial charge < -0.3 is 10.1 Å². The van der Waals surface area contributed by atoms with E-state index in [1.54, 1.807) is 39.0 Å². The van der Waals surface area contributed by atoms with Gasteiger partial charge in [-0.05, 0) is 76.1 Å². The fourth-order valence-electron chi connectivity index (χ4n) is 5.22. The van der Waals surface area contributed by atoms with Crippen LogP contribution >= 0.6 is 11.6 Å². The van der Waals surface area contributed by atoms with E-state index in [1.165, 1.54) is 53.5 Å². The lowest BCUT2D eigenvalue weighted by Crippen LogP contribution is -2.24. The van der Waals surface area contributed by atoms with Crippen LogP contribution in [0.2, 0.25) is 5.02 Å². The smallest absolute Gasteiger partial charge is 0.361 e. The molecule has 5 aromatic rings. The van der Waals surface area contributed by atoms with Crippen molar-refractivity contribution in [1.82, 2.24) is 25.0 Å². The van der Waals surface area contributed by atoms with Crippen molar-refractivity contribution < 1.29 is 27.5 Å². The molecule has 0 fully saturated rings. The minimum Gasteiger partial charge on any atom is -0.455 e. The molecule has 2 bridgehead atoms. The highest BCUT2D eigenvalue weighted by Gasteiger charge is 2.24. The number of pyridine rings is 2. The summed E-state index contributed by atoms with van der Waals surface area (Å²) >= 11 is 6.18. The molecule has 0 saturated heterocycles. The van der Waals surface area contributed by atoms with Crippen molar-refractivity contribution in [2.45, 2.75) is 45.6 Å². The highest BCUT2D eigenvalue weighted by Crippen LogP contribution is 2.36. The quantitative estimate of drug-likeness (QED) is 0.193. The van der Waals surface area contributed by atoms with E-state index in [-0.39, 0.29) is 45.6 Å². The van der Waals surface area contributed by atoms with E-state index in [2.05, 4.69) is 25.6 Å². The number of benzene rings is 2. The minimum atomic E-state index is -0.758. The first-order valence-electron chi connectivity index (χ1n) is 14.9. The maximum Gasteiger partial charge on any atom is 0.361 e. The lowest BCUT2D eigenvalue weighted by atomic mass is 9.96. The molecular formula is C35H28ClF3N6O3. The molecule has 244 valence electrons. The number of anilines is 1. The molecular weight excluding hydrogens is 645 g/mol. The van der Waals surface area contributed by atoms with Gasteiger partial charge in [0.25, 0.3) is 0 Å². The molecule has 3 aromatic heterocycles. The van der Waals surface area contributed by atoms with Crippen LogP contribution in [0, 0.1) is 17.5 Å². The zero-order valence-corrected chi connectivity index (χ0v) is 26.8. The van der Waals surface area contributed by atoms with Gasteiger partial charge in [-0.25, -0.2) is 22.6 Å². The average molecular weight is 673 g/mol. The molecule has 9 nitrogen and oxygen atoms in total. The molecule has 2 aromatic carbocycles. The number of hydrogen-bond acceptors (Lipinski definition) is 7. The number of halogens is 4. The second kappa shape index (κ2) is 13.0. The van der Waals surface area contributed by atoms with Crippen LogP contribution in [-0.2, 0) is 9.53 Å². The Kier molecular flexibility index (Phi) is 8.85. The highest BCUT2D eigenvalue weighted by atomic mass is 35.5. The predicted octanol–water partition coefficient (Wildman–Crippen LogP) is 7.97. The van der Waals surface area contributed by atoms with Crippen molar-refractivity contribution in [3.63, 3.8) is 0 Å². The second-order valence-electron chi connectivity index (χ2n) is 12.0. The van der Waals surface area contributed by atoms with Crippen molar-refractivity contribution in [1.29, 1.82) is 0 Å². The SMILES string of the molecule is CC(C)(C)OC(=O)c1cn(-c2ccc(Cl)c(F)c2-c2ccc(/C3=C/CCCC(=O)Nc4ccc(F)cc4-c4cc3c(F)cn4)nc2)nn1. The van der Waals surface area contributed by atoms with Gasteiger partial charge in [-0.1, -0.05) is 29.0 Å². The number of carbonyl (C=O) groups excluding carboxylic acids is 2. The predicted molar refractivity (Wildman–Crippen MR) is 174 cm³/mol. The molecule has 1 amide bonds. The Morgan fingerprint density at radius 1 is 0.979 bits per heavy atom. The van der Waals surface area contributed by atoms with Crippen LogP contribution in [0.5, 0.6) is 0 Å². The molecule has 0 atom stereocenters. The lowest BCUT2D eigenvalue weighted by molar-refractivity contribution is -0.116. The molecule has 0 aliphatic carbocycles. The summed E-state index contributed by atoms with van der Waals surface area (Å²) in [6.07, 6.45) is 6.57. The van der Waals surface area contributed by atoms with E-state index >= 15 is 8.78 Å². The van der Waals surface area contributed by atoms with Crippen molar-refractivity contribution >= 4 is 34.7 Å². The maximum atomic E-state index is 15.7. The summed E-state index contributed by atoms with van der Waals surface area (Å²) in [5.74, 6) is -2.88. The summed E-state index contributed by atoms with van der Waals surface area (Å²) < 4.78 is 52.0. The summed E-state index contributed by atoms with van der Waals surface area (Å²) in [6, 6.07) is 11.5. The standard InChI is InChI=1S/C35H28ClF3N6O3/c1-35(2,3)48-34(47)29-18-45(44-43-29)30-13-10-24(36)33(39)32(30)19-8-11-26(40-16-19)21-6-4-5-7-31(46)42-27-12-9-20(37)14-23(27)28-15-22(21)25(38)17-41-28/h6,8-18H,4-5,7H2,1-3H3,(H,42,46)/b21-6+. The van der Waals surface area contributed by atoms with Crippen molar-refractivity contribution in [2.24, 2.45) is 0 Å². The van der Waals surface area contributed by atoms with E-state index in [0.29, 0.717) is 40.9 Å². The fourth-order valence-corrected chi connectivity index (χ4v) is 5.37. The summed E-state index contributed by atoms with van der Waals surface area (Å²) in [5, 5.41) is 10.5. The van der Waals surface area contributed by atoms with Gasteiger partial charge in [0.1, 0.15) is 17.2 Å². The van der Waals surface area contributed by atoms with Crippen LogP contribution in [0.3, 0.4) is 0 Å². The molecule has 0 spiro atoms. The molecule has 0 saturated carbocycles. The number of rotatable bonds is 4. The Bertz CT molecular complexity index is 2090. The first-order chi connectivity index (χ1) is 22.9. The van der Waals surface area contributed by atoms with Crippen LogP contribution in [0.4, 0.5) is 18.9 Å². The second-order valence-corrected chi connectivity index (χ2v) is 12.4. The third-order valence-electron chi connectivity index (χ3n) is 7.38.